The number of halogens is 1. The Morgan fingerprint density at radius 2 is 2.25 bits per heavy atom. The van der Waals surface area contributed by atoms with Crippen LogP contribution in [0, 0.1) is 11.2 Å². The van der Waals surface area contributed by atoms with Gasteiger partial charge in [-0.25, -0.2) is 4.39 Å². The van der Waals surface area contributed by atoms with Gasteiger partial charge in [-0.3, -0.25) is 5.41 Å². The van der Waals surface area contributed by atoms with E-state index in [4.69, 9.17) is 11.1 Å². The van der Waals surface area contributed by atoms with Gasteiger partial charge in [-0.1, -0.05) is 6.07 Å². The molecule has 0 saturated heterocycles. The van der Waals surface area contributed by atoms with Gasteiger partial charge in [0.05, 0.1) is 5.56 Å². The number of hydrogen-bond donors (Lipinski definition) is 3. The molecular weight excluding hydrogens is 157 g/mol. The van der Waals surface area contributed by atoms with Crippen molar-refractivity contribution in [1.82, 2.24) is 0 Å². The van der Waals surface area contributed by atoms with Gasteiger partial charge in [-0.2, -0.15) is 0 Å². The first-order chi connectivity index (χ1) is 5.66. The number of nitrogen functional groups attached to an aromatic ring is 1. The number of hydrogen-bond acceptors (Lipinski definition) is 2. The van der Waals surface area contributed by atoms with Crippen molar-refractivity contribution >= 4 is 11.5 Å². The van der Waals surface area contributed by atoms with E-state index in [9.17, 15) is 4.39 Å². The Balaban J connectivity index is 3.29. The van der Waals surface area contributed by atoms with Crippen LogP contribution >= 0.6 is 0 Å². The maximum atomic E-state index is 13.0. The average molecular weight is 167 g/mol. The van der Waals surface area contributed by atoms with Gasteiger partial charge in [-0.15, -0.1) is 0 Å². The minimum absolute atomic E-state index is 0.125. The predicted octanol–water partition coefficient (Wildman–Crippen LogP) is 1.15. The second kappa shape index (κ2) is 3.21. The molecule has 0 radical (unpaired) electrons. The van der Waals surface area contributed by atoms with E-state index in [1.807, 2.05) is 0 Å². The first kappa shape index (κ1) is 8.52. The van der Waals surface area contributed by atoms with Crippen LogP contribution in [-0.2, 0) is 0 Å². The normalized spacial score (nSPS) is 9.50. The van der Waals surface area contributed by atoms with E-state index in [1.165, 1.54) is 6.07 Å². The second-order valence-electron chi connectivity index (χ2n) is 2.33. The highest BCUT2D eigenvalue weighted by Gasteiger charge is 2.08. The molecule has 1 aromatic rings. The highest BCUT2D eigenvalue weighted by molar-refractivity contribution is 6.00. The van der Waals surface area contributed by atoms with Crippen LogP contribution in [0.15, 0.2) is 18.2 Å². The van der Waals surface area contributed by atoms with E-state index in [-0.39, 0.29) is 11.4 Å². The lowest BCUT2D eigenvalue weighted by Crippen LogP contribution is -2.15. The van der Waals surface area contributed by atoms with E-state index < -0.39 is 5.82 Å². The van der Waals surface area contributed by atoms with Gasteiger partial charge in [0.15, 0.2) is 0 Å². The van der Waals surface area contributed by atoms with E-state index in [2.05, 4.69) is 5.32 Å². The van der Waals surface area contributed by atoms with Gasteiger partial charge < -0.3 is 11.1 Å². The molecule has 0 aromatic heterocycles. The van der Waals surface area contributed by atoms with E-state index in [0.717, 1.165) is 0 Å². The molecule has 0 bridgehead atoms. The zero-order chi connectivity index (χ0) is 9.14. The van der Waals surface area contributed by atoms with Gasteiger partial charge in [0.2, 0.25) is 0 Å². The summed E-state index contributed by atoms with van der Waals surface area (Å²) in [5.74, 6) is -0.744. The fourth-order valence-electron chi connectivity index (χ4n) is 1.01. The molecule has 0 saturated carbocycles. The first-order valence-corrected chi connectivity index (χ1v) is 3.47. The van der Waals surface area contributed by atoms with E-state index >= 15 is 0 Å². The van der Waals surface area contributed by atoms with Crippen molar-refractivity contribution in [2.24, 2.45) is 5.73 Å². The molecule has 3 nitrogen and oxygen atoms in total. The molecule has 4 N–H and O–H groups in total. The molecule has 0 aliphatic rings. The third-order valence-electron chi connectivity index (χ3n) is 1.55. The molecular formula is C8H10FN3. The van der Waals surface area contributed by atoms with Crippen LogP contribution in [0.5, 0.6) is 0 Å². The summed E-state index contributed by atoms with van der Waals surface area (Å²) < 4.78 is 13.0. The molecule has 4 heteroatoms. The molecule has 0 fully saturated rings. The molecule has 0 aliphatic heterocycles. The number of nitrogens with two attached hydrogens (primary N) is 1. The third kappa shape index (κ3) is 1.37. The molecule has 0 aliphatic carbocycles. The van der Waals surface area contributed by atoms with Crippen molar-refractivity contribution in [3.05, 3.63) is 29.6 Å². The molecule has 1 rings (SSSR count). The summed E-state index contributed by atoms with van der Waals surface area (Å²) in [5, 5.41) is 9.88. The molecule has 0 amide bonds. The SMILES string of the molecule is CNc1cccc(F)c1C(=N)N. The van der Waals surface area contributed by atoms with Crippen molar-refractivity contribution < 1.29 is 4.39 Å². The lowest BCUT2D eigenvalue weighted by molar-refractivity contribution is 0.625. The number of amidine groups is 1. The van der Waals surface area contributed by atoms with Crippen molar-refractivity contribution in [1.29, 1.82) is 5.41 Å². The zero-order valence-corrected chi connectivity index (χ0v) is 6.69. The summed E-state index contributed by atoms with van der Waals surface area (Å²) in [4.78, 5) is 0. The minimum Gasteiger partial charge on any atom is -0.387 e. The second-order valence-corrected chi connectivity index (χ2v) is 2.33. The van der Waals surface area contributed by atoms with Gasteiger partial charge >= 0.3 is 0 Å². The van der Waals surface area contributed by atoms with Crippen LogP contribution in [0.1, 0.15) is 5.56 Å². The summed E-state index contributed by atoms with van der Waals surface area (Å²) in [5.41, 5.74) is 5.85. The standard InChI is InChI=1S/C8H10FN3/c1-12-6-4-2-3-5(9)7(6)8(10)11/h2-4,12H,1H3,(H3,10,11). The van der Waals surface area contributed by atoms with Crippen molar-refractivity contribution in [3.8, 4) is 0 Å². The Bertz CT molecular complexity index is 309. The molecule has 0 unspecified atom stereocenters. The molecule has 64 valence electrons. The summed E-state index contributed by atoms with van der Waals surface area (Å²) in [7, 11) is 1.65. The van der Waals surface area contributed by atoms with Crippen LogP contribution in [-0.4, -0.2) is 12.9 Å². The smallest absolute Gasteiger partial charge is 0.136 e. The highest BCUT2D eigenvalue weighted by atomic mass is 19.1. The monoisotopic (exact) mass is 167 g/mol. The fourth-order valence-corrected chi connectivity index (χ4v) is 1.01. The Morgan fingerprint density at radius 3 is 2.67 bits per heavy atom. The Labute approximate surface area is 69.9 Å². The fraction of sp³-hybridized carbons (Fsp3) is 0.125. The molecule has 0 heterocycles. The zero-order valence-electron chi connectivity index (χ0n) is 6.69. The number of anilines is 1. The van der Waals surface area contributed by atoms with Crippen LogP contribution in [0.3, 0.4) is 0 Å². The summed E-state index contributed by atoms with van der Waals surface area (Å²) in [6, 6.07) is 4.50. The van der Waals surface area contributed by atoms with Gasteiger partial charge in [0, 0.05) is 12.7 Å². The lowest BCUT2D eigenvalue weighted by Gasteiger charge is -2.07. The molecule has 1 aromatic carbocycles. The molecule has 0 atom stereocenters. The molecule has 0 spiro atoms. The maximum absolute atomic E-state index is 13.0. The Kier molecular flexibility index (Phi) is 2.28. The highest BCUT2D eigenvalue weighted by Crippen LogP contribution is 2.17. The van der Waals surface area contributed by atoms with Crippen molar-refractivity contribution in [3.63, 3.8) is 0 Å². The summed E-state index contributed by atoms with van der Waals surface area (Å²) in [6.07, 6.45) is 0. The minimum atomic E-state index is -0.477. The summed E-state index contributed by atoms with van der Waals surface area (Å²) in [6.45, 7) is 0. The Hall–Kier alpha value is -1.58. The Morgan fingerprint density at radius 1 is 1.58 bits per heavy atom. The van der Waals surface area contributed by atoms with Gasteiger partial charge in [0.25, 0.3) is 0 Å². The number of nitrogens with one attached hydrogen (secondary N) is 2. The van der Waals surface area contributed by atoms with Crippen LogP contribution < -0.4 is 11.1 Å². The maximum Gasteiger partial charge on any atom is 0.136 e. The van der Waals surface area contributed by atoms with Crippen molar-refractivity contribution in [2.45, 2.75) is 0 Å². The van der Waals surface area contributed by atoms with Crippen LogP contribution in [0.4, 0.5) is 10.1 Å². The van der Waals surface area contributed by atoms with Gasteiger partial charge in [0.1, 0.15) is 11.7 Å². The summed E-state index contributed by atoms with van der Waals surface area (Å²) >= 11 is 0. The topological polar surface area (TPSA) is 61.9 Å². The van der Waals surface area contributed by atoms with Crippen LogP contribution in [0.25, 0.3) is 0 Å². The van der Waals surface area contributed by atoms with Crippen molar-refractivity contribution in [2.75, 3.05) is 12.4 Å². The quantitative estimate of drug-likeness (QED) is 0.457. The van der Waals surface area contributed by atoms with Gasteiger partial charge in [-0.05, 0) is 12.1 Å². The first-order valence-electron chi connectivity index (χ1n) is 3.47. The largest absolute Gasteiger partial charge is 0.387 e. The predicted molar refractivity (Wildman–Crippen MR) is 47.0 cm³/mol. The molecule has 12 heavy (non-hydrogen) atoms. The van der Waals surface area contributed by atoms with E-state index in [0.29, 0.717) is 5.69 Å². The number of benzene rings is 1. The number of rotatable bonds is 2. The lowest BCUT2D eigenvalue weighted by atomic mass is 10.1. The van der Waals surface area contributed by atoms with Crippen LogP contribution in [0.2, 0.25) is 0 Å². The third-order valence-corrected chi connectivity index (χ3v) is 1.55. The van der Waals surface area contributed by atoms with E-state index in [1.54, 1.807) is 19.2 Å². The average Bonchev–Trinajstić information content (AvgIpc) is 2.03.